The Morgan fingerprint density at radius 1 is 0.963 bits per heavy atom. The van der Waals surface area contributed by atoms with Crippen molar-refractivity contribution in [1.29, 1.82) is 0 Å². The minimum absolute atomic E-state index is 0.248. The summed E-state index contributed by atoms with van der Waals surface area (Å²) in [6.07, 6.45) is 1.53. The van der Waals surface area contributed by atoms with E-state index in [4.69, 9.17) is 9.47 Å². The van der Waals surface area contributed by atoms with Crippen molar-refractivity contribution in [2.24, 2.45) is 0 Å². The Kier molecular flexibility index (Phi) is 5.56. The van der Waals surface area contributed by atoms with Gasteiger partial charge in [0.1, 0.15) is 17.3 Å². The lowest BCUT2D eigenvalue weighted by Crippen LogP contribution is -2.13. The molecule has 2 aromatic carbocycles. The highest BCUT2D eigenvalue weighted by atomic mass is 16.5. The fourth-order valence-electron chi connectivity index (χ4n) is 2.54. The number of pyridine rings is 1. The number of rotatable bonds is 6. The van der Waals surface area contributed by atoms with Gasteiger partial charge in [0.2, 0.25) is 0 Å². The molecule has 0 radical (unpaired) electrons. The first kappa shape index (κ1) is 18.3. The molecule has 0 atom stereocenters. The van der Waals surface area contributed by atoms with Gasteiger partial charge in [0.05, 0.1) is 25.5 Å². The summed E-state index contributed by atoms with van der Waals surface area (Å²) in [6, 6.07) is 16.6. The van der Waals surface area contributed by atoms with Gasteiger partial charge in [-0.3, -0.25) is 4.79 Å². The number of amides is 1. The van der Waals surface area contributed by atoms with E-state index in [-0.39, 0.29) is 5.91 Å². The summed E-state index contributed by atoms with van der Waals surface area (Å²) in [6.45, 7) is 1.95. The normalized spacial score (nSPS) is 10.2. The summed E-state index contributed by atoms with van der Waals surface area (Å²) in [5, 5.41) is 6.04. The lowest BCUT2D eigenvalue weighted by Gasteiger charge is -2.11. The van der Waals surface area contributed by atoms with Gasteiger partial charge in [0.15, 0.2) is 0 Å². The van der Waals surface area contributed by atoms with Crippen LogP contribution in [0.1, 0.15) is 15.9 Å². The minimum atomic E-state index is -0.248. The smallest absolute Gasteiger partial charge is 0.257 e. The van der Waals surface area contributed by atoms with E-state index in [1.807, 2.05) is 49.4 Å². The highest BCUT2D eigenvalue weighted by molar-refractivity contribution is 6.05. The Hall–Kier alpha value is -3.54. The molecule has 1 amide bonds. The molecule has 3 aromatic rings. The fraction of sp³-hybridized carbons (Fsp3) is 0.143. The molecule has 0 aliphatic rings. The van der Waals surface area contributed by atoms with Crippen molar-refractivity contribution < 1.29 is 14.3 Å². The average Bonchev–Trinajstić information content (AvgIpc) is 2.69. The molecule has 6 heteroatoms. The summed E-state index contributed by atoms with van der Waals surface area (Å²) >= 11 is 0. The van der Waals surface area contributed by atoms with Crippen LogP contribution in [0.5, 0.6) is 11.5 Å². The lowest BCUT2D eigenvalue weighted by molar-refractivity contribution is 0.102. The monoisotopic (exact) mass is 363 g/mol. The predicted octanol–water partition coefficient (Wildman–Crippen LogP) is 4.40. The summed E-state index contributed by atoms with van der Waals surface area (Å²) in [5.41, 5.74) is 3.00. The third kappa shape index (κ3) is 4.55. The van der Waals surface area contributed by atoms with Crippen LogP contribution in [-0.2, 0) is 0 Å². The Balaban J connectivity index is 1.69. The number of carbonyl (C=O) groups is 1. The molecule has 1 aromatic heterocycles. The number of methoxy groups -OCH3 is 2. The molecule has 0 saturated carbocycles. The number of nitrogens with zero attached hydrogens (tertiary/aromatic N) is 1. The van der Waals surface area contributed by atoms with E-state index in [1.54, 1.807) is 26.4 Å². The molecular formula is C21H21N3O3. The second-order valence-corrected chi connectivity index (χ2v) is 5.94. The standard InChI is InChI=1S/C21H21N3O3/c1-14-4-10-19(27-3)18(12-14)24-21(25)15-5-11-20(22-13-15)23-16-6-8-17(26-2)9-7-16/h4-13H,1-3H3,(H,22,23)(H,24,25). The number of hydrogen-bond donors (Lipinski definition) is 2. The molecule has 0 spiro atoms. The van der Waals surface area contributed by atoms with Crippen LogP contribution in [0.25, 0.3) is 0 Å². The number of nitrogens with one attached hydrogen (secondary N) is 2. The molecule has 3 rings (SSSR count). The van der Waals surface area contributed by atoms with Crippen LogP contribution >= 0.6 is 0 Å². The SMILES string of the molecule is COc1ccc(Nc2ccc(C(=O)Nc3cc(C)ccc3OC)cn2)cc1. The second-order valence-electron chi connectivity index (χ2n) is 5.94. The predicted molar refractivity (Wildman–Crippen MR) is 106 cm³/mol. The van der Waals surface area contributed by atoms with Crippen molar-refractivity contribution in [3.05, 3.63) is 71.9 Å². The van der Waals surface area contributed by atoms with Crippen molar-refractivity contribution in [2.75, 3.05) is 24.9 Å². The molecule has 27 heavy (non-hydrogen) atoms. The van der Waals surface area contributed by atoms with Gasteiger partial charge in [0.25, 0.3) is 5.91 Å². The van der Waals surface area contributed by atoms with Gasteiger partial charge >= 0.3 is 0 Å². The van der Waals surface area contributed by atoms with Crippen LogP contribution in [0, 0.1) is 6.92 Å². The molecule has 0 saturated heterocycles. The first-order chi connectivity index (χ1) is 13.1. The van der Waals surface area contributed by atoms with Gasteiger partial charge < -0.3 is 20.1 Å². The molecule has 0 bridgehead atoms. The average molecular weight is 363 g/mol. The third-order valence-corrected chi connectivity index (χ3v) is 3.99. The molecule has 138 valence electrons. The Bertz CT molecular complexity index is 922. The zero-order chi connectivity index (χ0) is 19.2. The number of aryl methyl sites for hydroxylation is 1. The van der Waals surface area contributed by atoms with Crippen LogP contribution in [0.2, 0.25) is 0 Å². The van der Waals surface area contributed by atoms with E-state index in [1.165, 1.54) is 6.20 Å². The molecule has 6 nitrogen and oxygen atoms in total. The van der Waals surface area contributed by atoms with Gasteiger partial charge in [-0.2, -0.15) is 0 Å². The van der Waals surface area contributed by atoms with E-state index in [9.17, 15) is 4.79 Å². The largest absolute Gasteiger partial charge is 0.497 e. The Morgan fingerprint density at radius 3 is 2.37 bits per heavy atom. The Labute approximate surface area is 158 Å². The van der Waals surface area contributed by atoms with Crippen LogP contribution in [0.15, 0.2) is 60.8 Å². The van der Waals surface area contributed by atoms with Crippen LogP contribution in [0.4, 0.5) is 17.2 Å². The number of aromatic nitrogens is 1. The van der Waals surface area contributed by atoms with Crippen molar-refractivity contribution >= 4 is 23.1 Å². The van der Waals surface area contributed by atoms with E-state index in [0.29, 0.717) is 22.8 Å². The quantitative estimate of drug-likeness (QED) is 0.679. The first-order valence-electron chi connectivity index (χ1n) is 8.42. The zero-order valence-electron chi connectivity index (χ0n) is 15.4. The number of hydrogen-bond acceptors (Lipinski definition) is 5. The Morgan fingerprint density at radius 2 is 1.74 bits per heavy atom. The fourth-order valence-corrected chi connectivity index (χ4v) is 2.54. The lowest BCUT2D eigenvalue weighted by atomic mass is 10.2. The highest BCUT2D eigenvalue weighted by Gasteiger charge is 2.10. The van der Waals surface area contributed by atoms with Crippen molar-refractivity contribution in [3.63, 3.8) is 0 Å². The van der Waals surface area contributed by atoms with Crippen molar-refractivity contribution in [1.82, 2.24) is 4.98 Å². The van der Waals surface area contributed by atoms with Crippen molar-refractivity contribution in [2.45, 2.75) is 6.92 Å². The summed E-state index contributed by atoms with van der Waals surface area (Å²) in [7, 11) is 3.20. The maximum absolute atomic E-state index is 12.5. The van der Waals surface area contributed by atoms with Crippen molar-refractivity contribution in [3.8, 4) is 11.5 Å². The second kappa shape index (κ2) is 8.23. The molecule has 2 N–H and O–H groups in total. The van der Waals surface area contributed by atoms with Crippen LogP contribution in [-0.4, -0.2) is 25.1 Å². The molecule has 1 heterocycles. The number of ether oxygens (including phenoxy) is 2. The molecule has 0 aliphatic heterocycles. The van der Waals surface area contributed by atoms with E-state index < -0.39 is 0 Å². The number of carbonyl (C=O) groups excluding carboxylic acids is 1. The highest BCUT2D eigenvalue weighted by Crippen LogP contribution is 2.26. The summed E-state index contributed by atoms with van der Waals surface area (Å²) < 4.78 is 10.4. The minimum Gasteiger partial charge on any atom is -0.497 e. The van der Waals surface area contributed by atoms with Gasteiger partial charge in [-0.05, 0) is 61.0 Å². The van der Waals surface area contributed by atoms with E-state index in [0.717, 1.165) is 17.0 Å². The van der Waals surface area contributed by atoms with Crippen LogP contribution in [0.3, 0.4) is 0 Å². The van der Waals surface area contributed by atoms with Crippen LogP contribution < -0.4 is 20.1 Å². The molecular weight excluding hydrogens is 342 g/mol. The topological polar surface area (TPSA) is 72.5 Å². The van der Waals surface area contributed by atoms with Gasteiger partial charge in [-0.1, -0.05) is 6.07 Å². The number of benzene rings is 2. The third-order valence-electron chi connectivity index (χ3n) is 3.99. The molecule has 0 aliphatic carbocycles. The van der Waals surface area contributed by atoms with Gasteiger partial charge in [-0.15, -0.1) is 0 Å². The van der Waals surface area contributed by atoms with E-state index in [2.05, 4.69) is 15.6 Å². The summed E-state index contributed by atoms with van der Waals surface area (Å²) in [5.74, 6) is 1.79. The zero-order valence-corrected chi connectivity index (χ0v) is 15.4. The maximum Gasteiger partial charge on any atom is 0.257 e. The maximum atomic E-state index is 12.5. The molecule has 0 fully saturated rings. The van der Waals surface area contributed by atoms with Gasteiger partial charge in [-0.25, -0.2) is 4.98 Å². The molecule has 0 unspecified atom stereocenters. The number of anilines is 3. The first-order valence-corrected chi connectivity index (χ1v) is 8.42. The summed E-state index contributed by atoms with van der Waals surface area (Å²) in [4.78, 5) is 16.8. The van der Waals surface area contributed by atoms with E-state index >= 15 is 0 Å². The van der Waals surface area contributed by atoms with Gasteiger partial charge in [0, 0.05) is 11.9 Å².